The van der Waals surface area contributed by atoms with Crippen molar-refractivity contribution in [3.8, 4) is 5.75 Å². The molecule has 0 unspecified atom stereocenters. The van der Waals surface area contributed by atoms with E-state index in [0.29, 0.717) is 11.4 Å². The summed E-state index contributed by atoms with van der Waals surface area (Å²) >= 11 is 0. The molecule has 5 nitrogen and oxygen atoms in total. The number of sulfonamides is 1. The van der Waals surface area contributed by atoms with E-state index < -0.39 is 10.0 Å². The maximum absolute atomic E-state index is 12.4. The van der Waals surface area contributed by atoms with Crippen LogP contribution < -0.4 is 14.8 Å². The van der Waals surface area contributed by atoms with Crippen LogP contribution in [0.3, 0.4) is 0 Å². The zero-order valence-electron chi connectivity index (χ0n) is 14.6. The first-order chi connectivity index (χ1) is 12.5. The fraction of sp³-hybridized carbons (Fsp3) is 0.100. The van der Waals surface area contributed by atoms with Crippen molar-refractivity contribution in [2.24, 2.45) is 0 Å². The lowest BCUT2D eigenvalue weighted by molar-refractivity contribution is 0.414. The van der Waals surface area contributed by atoms with Crippen molar-refractivity contribution < 1.29 is 13.2 Å². The molecule has 0 heterocycles. The van der Waals surface area contributed by atoms with E-state index in [9.17, 15) is 8.42 Å². The quantitative estimate of drug-likeness (QED) is 0.670. The lowest BCUT2D eigenvalue weighted by Gasteiger charge is -2.11. The second kappa shape index (κ2) is 7.49. The summed E-state index contributed by atoms with van der Waals surface area (Å²) in [6.45, 7) is 2.04. The SMILES string of the molecule is COc1ccc(S(=O)(=O)Nc2ccc(Nc3ccc(C)cc3)cc2)cc1. The van der Waals surface area contributed by atoms with Crippen molar-refractivity contribution >= 4 is 27.1 Å². The summed E-state index contributed by atoms with van der Waals surface area (Å²) < 4.78 is 32.5. The van der Waals surface area contributed by atoms with Gasteiger partial charge in [0.25, 0.3) is 10.0 Å². The van der Waals surface area contributed by atoms with Crippen LogP contribution in [0.2, 0.25) is 0 Å². The third-order valence-electron chi connectivity index (χ3n) is 3.85. The number of hydrogen-bond acceptors (Lipinski definition) is 4. The first-order valence-electron chi connectivity index (χ1n) is 8.07. The number of anilines is 3. The third-order valence-corrected chi connectivity index (χ3v) is 5.24. The van der Waals surface area contributed by atoms with Crippen molar-refractivity contribution in [3.05, 3.63) is 78.4 Å². The molecule has 3 aromatic carbocycles. The Balaban J connectivity index is 1.70. The van der Waals surface area contributed by atoms with Crippen LogP contribution in [-0.2, 0) is 10.0 Å². The number of rotatable bonds is 6. The second-order valence-electron chi connectivity index (χ2n) is 5.85. The van der Waals surface area contributed by atoms with Crippen LogP contribution in [0.25, 0.3) is 0 Å². The smallest absolute Gasteiger partial charge is 0.261 e. The number of methoxy groups -OCH3 is 1. The summed E-state index contributed by atoms with van der Waals surface area (Å²) in [6.07, 6.45) is 0. The number of aryl methyl sites for hydroxylation is 1. The molecule has 6 heteroatoms. The van der Waals surface area contributed by atoms with Crippen LogP contribution in [0.1, 0.15) is 5.56 Å². The molecule has 0 saturated carbocycles. The van der Waals surface area contributed by atoms with Crippen molar-refractivity contribution in [1.82, 2.24) is 0 Å². The monoisotopic (exact) mass is 368 g/mol. The van der Waals surface area contributed by atoms with E-state index in [1.54, 1.807) is 24.3 Å². The predicted molar refractivity (Wildman–Crippen MR) is 105 cm³/mol. The molecule has 26 heavy (non-hydrogen) atoms. The zero-order chi connectivity index (χ0) is 18.6. The summed E-state index contributed by atoms with van der Waals surface area (Å²) in [7, 11) is -2.11. The van der Waals surface area contributed by atoms with Crippen molar-refractivity contribution in [2.45, 2.75) is 11.8 Å². The van der Waals surface area contributed by atoms with Crippen LogP contribution in [0.5, 0.6) is 5.75 Å². The van der Waals surface area contributed by atoms with Gasteiger partial charge in [0.2, 0.25) is 0 Å². The van der Waals surface area contributed by atoms with Gasteiger partial charge in [-0.15, -0.1) is 0 Å². The molecule has 0 fully saturated rings. The maximum Gasteiger partial charge on any atom is 0.261 e. The Morgan fingerprint density at radius 3 is 1.77 bits per heavy atom. The minimum Gasteiger partial charge on any atom is -0.497 e. The van der Waals surface area contributed by atoms with Crippen molar-refractivity contribution in [1.29, 1.82) is 0 Å². The molecule has 0 bridgehead atoms. The van der Waals surface area contributed by atoms with Crippen LogP contribution >= 0.6 is 0 Å². The molecule has 0 aliphatic heterocycles. The molecule has 0 saturated heterocycles. The molecule has 0 aliphatic carbocycles. The molecule has 134 valence electrons. The molecule has 0 aromatic heterocycles. The lowest BCUT2D eigenvalue weighted by atomic mass is 10.2. The van der Waals surface area contributed by atoms with Gasteiger partial charge in [0.05, 0.1) is 12.0 Å². The first kappa shape index (κ1) is 17.8. The van der Waals surface area contributed by atoms with Gasteiger partial charge in [0.15, 0.2) is 0 Å². The highest BCUT2D eigenvalue weighted by molar-refractivity contribution is 7.92. The fourth-order valence-electron chi connectivity index (χ4n) is 2.39. The Hall–Kier alpha value is -2.99. The number of benzene rings is 3. The molecule has 0 atom stereocenters. The Labute approximate surface area is 153 Å². The standard InChI is InChI=1S/C20H20N2O3S/c1-15-3-5-16(6-4-15)21-17-7-9-18(10-8-17)22-26(23,24)20-13-11-19(25-2)12-14-20/h3-14,21-22H,1-2H3. The number of ether oxygens (including phenoxy) is 1. The Kier molecular flexibility index (Phi) is 5.14. The van der Waals surface area contributed by atoms with Gasteiger partial charge in [-0.2, -0.15) is 0 Å². The van der Waals surface area contributed by atoms with Crippen LogP contribution in [-0.4, -0.2) is 15.5 Å². The summed E-state index contributed by atoms with van der Waals surface area (Å²) in [5, 5.41) is 3.27. The Morgan fingerprint density at radius 1 is 0.731 bits per heavy atom. The van der Waals surface area contributed by atoms with Gasteiger partial charge < -0.3 is 10.1 Å². The van der Waals surface area contributed by atoms with Gasteiger partial charge in [-0.1, -0.05) is 17.7 Å². The van der Waals surface area contributed by atoms with Gasteiger partial charge in [-0.25, -0.2) is 8.42 Å². The predicted octanol–water partition coefficient (Wildman–Crippen LogP) is 4.55. The van der Waals surface area contributed by atoms with E-state index in [0.717, 1.165) is 11.4 Å². The van der Waals surface area contributed by atoms with E-state index in [2.05, 4.69) is 10.0 Å². The second-order valence-corrected chi connectivity index (χ2v) is 7.53. The van der Waals surface area contributed by atoms with E-state index in [1.165, 1.54) is 24.8 Å². The van der Waals surface area contributed by atoms with Gasteiger partial charge in [0.1, 0.15) is 5.75 Å². The van der Waals surface area contributed by atoms with E-state index >= 15 is 0 Å². The van der Waals surface area contributed by atoms with E-state index in [-0.39, 0.29) is 4.90 Å². The molecule has 0 radical (unpaired) electrons. The van der Waals surface area contributed by atoms with Crippen molar-refractivity contribution in [2.75, 3.05) is 17.1 Å². The van der Waals surface area contributed by atoms with Crippen molar-refractivity contribution in [3.63, 3.8) is 0 Å². The molecular weight excluding hydrogens is 348 g/mol. The first-order valence-corrected chi connectivity index (χ1v) is 9.55. The minimum absolute atomic E-state index is 0.181. The minimum atomic E-state index is -3.64. The Bertz CT molecular complexity index is 965. The summed E-state index contributed by atoms with van der Waals surface area (Å²) in [4.78, 5) is 0.181. The fourth-order valence-corrected chi connectivity index (χ4v) is 3.45. The van der Waals surface area contributed by atoms with E-state index in [1.807, 2.05) is 43.3 Å². The molecule has 3 aromatic rings. The zero-order valence-corrected chi connectivity index (χ0v) is 15.4. The summed E-state index contributed by atoms with van der Waals surface area (Å²) in [6, 6.07) is 21.4. The van der Waals surface area contributed by atoms with Crippen LogP contribution in [0.15, 0.2) is 77.7 Å². The topological polar surface area (TPSA) is 67.4 Å². The summed E-state index contributed by atoms with van der Waals surface area (Å²) in [5.41, 5.74) is 3.54. The highest BCUT2D eigenvalue weighted by Crippen LogP contribution is 2.22. The average molecular weight is 368 g/mol. The highest BCUT2D eigenvalue weighted by Gasteiger charge is 2.14. The maximum atomic E-state index is 12.4. The highest BCUT2D eigenvalue weighted by atomic mass is 32.2. The molecule has 2 N–H and O–H groups in total. The molecular formula is C20H20N2O3S. The molecule has 3 rings (SSSR count). The van der Waals surface area contributed by atoms with Gasteiger partial charge in [-0.05, 0) is 67.6 Å². The number of nitrogens with one attached hydrogen (secondary N) is 2. The largest absolute Gasteiger partial charge is 0.497 e. The molecule has 0 spiro atoms. The number of hydrogen-bond donors (Lipinski definition) is 2. The van der Waals surface area contributed by atoms with Gasteiger partial charge in [0, 0.05) is 17.1 Å². The van der Waals surface area contributed by atoms with Crippen LogP contribution in [0, 0.1) is 6.92 Å². The molecule has 0 aliphatic rings. The van der Waals surface area contributed by atoms with Crippen LogP contribution in [0.4, 0.5) is 17.1 Å². The lowest BCUT2D eigenvalue weighted by Crippen LogP contribution is -2.12. The molecule has 0 amide bonds. The van der Waals surface area contributed by atoms with Gasteiger partial charge >= 0.3 is 0 Å². The Morgan fingerprint density at radius 2 is 1.23 bits per heavy atom. The average Bonchev–Trinajstić information content (AvgIpc) is 2.65. The normalized spacial score (nSPS) is 11.0. The summed E-state index contributed by atoms with van der Waals surface area (Å²) in [5.74, 6) is 0.607. The third kappa shape index (κ3) is 4.34. The van der Waals surface area contributed by atoms with Gasteiger partial charge in [-0.3, -0.25) is 4.72 Å². The van der Waals surface area contributed by atoms with E-state index in [4.69, 9.17) is 4.74 Å².